The quantitative estimate of drug-likeness (QED) is 0.184. The minimum atomic E-state index is 0.563. The molecule has 11 aromatic rings. The second kappa shape index (κ2) is 11.8. The predicted molar refractivity (Wildman–Crippen MR) is 224 cm³/mol. The van der Waals surface area contributed by atoms with Gasteiger partial charge in [0.25, 0.3) is 0 Å². The fourth-order valence-electron chi connectivity index (χ4n) is 8.78. The minimum Gasteiger partial charge on any atom is -0.309 e. The van der Waals surface area contributed by atoms with Crippen LogP contribution in [0.5, 0.6) is 0 Å². The first kappa shape index (κ1) is 30.7. The molecule has 0 amide bonds. The van der Waals surface area contributed by atoms with E-state index in [1.807, 2.05) is 36.4 Å². The molecule has 0 unspecified atom stereocenters. The molecule has 254 valence electrons. The van der Waals surface area contributed by atoms with Gasteiger partial charge < -0.3 is 13.7 Å². The Balaban J connectivity index is 1.07. The summed E-state index contributed by atoms with van der Waals surface area (Å²) in [6.07, 6.45) is 0. The molecule has 55 heavy (non-hydrogen) atoms. The van der Waals surface area contributed by atoms with Gasteiger partial charge in [-0.3, -0.25) is 0 Å². The Labute approximate surface area is 316 Å². The molecule has 5 heteroatoms. The van der Waals surface area contributed by atoms with Gasteiger partial charge in [-0.15, -0.1) is 0 Å². The van der Waals surface area contributed by atoms with Gasteiger partial charge in [0.05, 0.1) is 50.3 Å². The van der Waals surface area contributed by atoms with Crippen LogP contribution in [0.15, 0.2) is 176 Å². The van der Waals surface area contributed by atoms with Crippen LogP contribution < -0.4 is 0 Å². The number of rotatable bonds is 4. The maximum Gasteiger partial charge on any atom is 0.101 e. The van der Waals surface area contributed by atoms with E-state index in [1.165, 1.54) is 32.6 Å². The van der Waals surface area contributed by atoms with Crippen molar-refractivity contribution in [2.45, 2.75) is 0 Å². The predicted octanol–water partition coefficient (Wildman–Crippen LogP) is 12.4. The van der Waals surface area contributed by atoms with Crippen LogP contribution in [0.25, 0.3) is 93.6 Å². The van der Waals surface area contributed by atoms with Crippen molar-refractivity contribution in [1.82, 2.24) is 13.7 Å². The zero-order chi connectivity index (χ0) is 36.6. The monoisotopic (exact) mass is 699 g/mol. The number of benzene rings is 8. The Morgan fingerprint density at radius 1 is 0.327 bits per heavy atom. The van der Waals surface area contributed by atoms with Gasteiger partial charge in [-0.25, -0.2) is 0 Å². The van der Waals surface area contributed by atoms with E-state index in [9.17, 15) is 10.5 Å². The molecule has 0 atom stereocenters. The SMILES string of the molecule is N#Cc1cc(-n2c3ccccc3c3cccc(C#N)c32)ccc1-c1cccc(-n2c3ccccc3c3cc(-n4c5ccccc5c5ccccc54)ccc32)c1. The highest BCUT2D eigenvalue weighted by atomic mass is 15.0. The molecule has 0 saturated heterocycles. The van der Waals surface area contributed by atoms with Gasteiger partial charge in [-0.05, 0) is 83.9 Å². The van der Waals surface area contributed by atoms with Crippen molar-refractivity contribution < 1.29 is 0 Å². The first-order valence-electron chi connectivity index (χ1n) is 18.3. The summed E-state index contributed by atoms with van der Waals surface area (Å²) in [5.74, 6) is 0. The fraction of sp³-hybridized carbons (Fsp3) is 0. The Bertz CT molecular complexity index is 3420. The average molecular weight is 700 g/mol. The van der Waals surface area contributed by atoms with Crippen molar-refractivity contribution in [1.29, 1.82) is 10.5 Å². The topological polar surface area (TPSA) is 62.4 Å². The summed E-state index contributed by atoms with van der Waals surface area (Å²) in [7, 11) is 0. The highest BCUT2D eigenvalue weighted by molar-refractivity contribution is 6.13. The van der Waals surface area contributed by atoms with Crippen molar-refractivity contribution in [2.24, 2.45) is 0 Å². The second-order valence-electron chi connectivity index (χ2n) is 14.0. The van der Waals surface area contributed by atoms with Crippen LogP contribution in [0.3, 0.4) is 0 Å². The summed E-state index contributed by atoms with van der Waals surface area (Å²) in [6.45, 7) is 0. The summed E-state index contributed by atoms with van der Waals surface area (Å²) >= 11 is 0. The van der Waals surface area contributed by atoms with Crippen LogP contribution in [0.4, 0.5) is 0 Å². The van der Waals surface area contributed by atoms with E-state index in [-0.39, 0.29) is 0 Å². The summed E-state index contributed by atoms with van der Waals surface area (Å²) < 4.78 is 6.80. The third kappa shape index (κ3) is 4.45. The van der Waals surface area contributed by atoms with E-state index in [4.69, 9.17) is 0 Å². The number of fused-ring (bicyclic) bond motifs is 9. The molecule has 3 aromatic heterocycles. The molecule has 11 rings (SSSR count). The van der Waals surface area contributed by atoms with E-state index >= 15 is 0 Å². The molecule has 0 radical (unpaired) electrons. The Morgan fingerprint density at radius 2 is 0.800 bits per heavy atom. The number of hydrogen-bond acceptors (Lipinski definition) is 2. The molecule has 8 aromatic carbocycles. The second-order valence-corrected chi connectivity index (χ2v) is 14.0. The molecule has 0 aliphatic carbocycles. The van der Waals surface area contributed by atoms with Gasteiger partial charge in [0, 0.05) is 49.4 Å². The highest BCUT2D eigenvalue weighted by Gasteiger charge is 2.19. The lowest BCUT2D eigenvalue weighted by Gasteiger charge is -2.14. The lowest BCUT2D eigenvalue weighted by molar-refractivity contribution is 1.16. The molecule has 0 aliphatic heterocycles. The van der Waals surface area contributed by atoms with Crippen LogP contribution in [0.1, 0.15) is 11.1 Å². The van der Waals surface area contributed by atoms with Gasteiger partial charge in [0.15, 0.2) is 0 Å². The zero-order valence-corrected chi connectivity index (χ0v) is 29.5. The molecular weight excluding hydrogens is 671 g/mol. The number of nitriles is 2. The first-order valence-corrected chi connectivity index (χ1v) is 18.3. The van der Waals surface area contributed by atoms with E-state index < -0.39 is 0 Å². The van der Waals surface area contributed by atoms with Gasteiger partial charge >= 0.3 is 0 Å². The van der Waals surface area contributed by atoms with Crippen LogP contribution in [-0.2, 0) is 0 Å². The minimum absolute atomic E-state index is 0.563. The third-order valence-electron chi connectivity index (χ3n) is 11.1. The fourth-order valence-corrected chi connectivity index (χ4v) is 8.78. The Kier molecular flexibility index (Phi) is 6.61. The zero-order valence-electron chi connectivity index (χ0n) is 29.5. The third-order valence-corrected chi connectivity index (χ3v) is 11.1. The number of para-hydroxylation sites is 5. The molecule has 0 spiro atoms. The van der Waals surface area contributed by atoms with Crippen LogP contribution in [0, 0.1) is 22.7 Å². The lowest BCUT2D eigenvalue weighted by atomic mass is 9.99. The summed E-state index contributed by atoms with van der Waals surface area (Å²) in [4.78, 5) is 0. The molecule has 0 N–H and O–H groups in total. The molecule has 0 fully saturated rings. The van der Waals surface area contributed by atoms with Gasteiger partial charge in [0.1, 0.15) is 6.07 Å². The lowest BCUT2D eigenvalue weighted by Crippen LogP contribution is -1.98. The number of hydrogen-bond donors (Lipinski definition) is 0. The summed E-state index contributed by atoms with van der Waals surface area (Å²) in [6, 6.07) is 65.9. The molecule has 5 nitrogen and oxygen atoms in total. The summed E-state index contributed by atoms with van der Waals surface area (Å²) in [5.41, 5.74) is 12.4. The average Bonchev–Trinajstić information content (AvgIpc) is 3.89. The van der Waals surface area contributed by atoms with Gasteiger partial charge in [-0.2, -0.15) is 10.5 Å². The van der Waals surface area contributed by atoms with Crippen molar-refractivity contribution >= 4 is 65.4 Å². The van der Waals surface area contributed by atoms with E-state index in [2.05, 4.69) is 165 Å². The standard InChI is InChI=1S/C50H29N5/c51-30-33-12-10-18-43-41-16-3-8-22-48(41)55(50(33)43)36-23-25-38(34(28-36)31-52)32-11-9-13-35(27-32)53-47-21-7-4-17-42(47)44-29-37(24-26-49(44)53)54-45-19-5-1-14-39(45)40-15-2-6-20-46(40)54/h1-29H. The molecule has 0 bridgehead atoms. The van der Waals surface area contributed by atoms with Crippen molar-refractivity contribution in [3.8, 4) is 40.3 Å². The maximum absolute atomic E-state index is 10.6. The van der Waals surface area contributed by atoms with E-state index in [0.29, 0.717) is 11.1 Å². The van der Waals surface area contributed by atoms with Crippen molar-refractivity contribution in [2.75, 3.05) is 0 Å². The summed E-state index contributed by atoms with van der Waals surface area (Å²) in [5, 5.41) is 27.6. The molecular formula is C50H29N5. The molecule has 0 aliphatic rings. The normalized spacial score (nSPS) is 11.6. The maximum atomic E-state index is 10.6. The van der Waals surface area contributed by atoms with Crippen molar-refractivity contribution in [3.05, 3.63) is 187 Å². The first-order chi connectivity index (χ1) is 27.2. The van der Waals surface area contributed by atoms with E-state index in [1.54, 1.807) is 0 Å². The number of nitrogens with zero attached hydrogens (tertiary/aromatic N) is 5. The molecule has 3 heterocycles. The van der Waals surface area contributed by atoms with Gasteiger partial charge in [-0.1, -0.05) is 103 Å². The Morgan fingerprint density at radius 3 is 1.44 bits per heavy atom. The van der Waals surface area contributed by atoms with E-state index in [0.717, 1.165) is 61.0 Å². The van der Waals surface area contributed by atoms with Crippen LogP contribution in [0.2, 0.25) is 0 Å². The van der Waals surface area contributed by atoms with Crippen molar-refractivity contribution in [3.63, 3.8) is 0 Å². The van der Waals surface area contributed by atoms with Crippen LogP contribution >= 0.6 is 0 Å². The smallest absolute Gasteiger partial charge is 0.101 e. The Hall–Kier alpha value is -7.86. The largest absolute Gasteiger partial charge is 0.309 e. The van der Waals surface area contributed by atoms with Crippen LogP contribution in [-0.4, -0.2) is 13.7 Å². The highest BCUT2D eigenvalue weighted by Crippen LogP contribution is 2.39. The molecule has 0 saturated carbocycles. The van der Waals surface area contributed by atoms with Gasteiger partial charge in [0.2, 0.25) is 0 Å². The number of aromatic nitrogens is 3.